The molecule has 0 atom stereocenters. The first-order chi connectivity index (χ1) is 14.0. The molecule has 1 aromatic carbocycles. The number of nitrogens with zero attached hydrogens (tertiary/aromatic N) is 3. The molecule has 0 spiro atoms. The van der Waals surface area contributed by atoms with Crippen LogP contribution in [0.1, 0.15) is 5.69 Å². The van der Waals surface area contributed by atoms with Gasteiger partial charge in [0.2, 0.25) is 0 Å². The van der Waals surface area contributed by atoms with Crippen LogP contribution in [-0.2, 0) is 0 Å². The Morgan fingerprint density at radius 2 is 1.79 bits per heavy atom. The van der Waals surface area contributed by atoms with Crippen molar-refractivity contribution in [1.29, 1.82) is 0 Å². The third-order valence-corrected chi connectivity index (χ3v) is 4.76. The summed E-state index contributed by atoms with van der Waals surface area (Å²) in [5, 5.41) is 5.44. The van der Waals surface area contributed by atoms with Gasteiger partial charge in [-0.05, 0) is 61.0 Å². The fourth-order valence-corrected chi connectivity index (χ4v) is 3.12. The largest absolute Gasteiger partial charge is 0.324 e. The fraction of sp³-hybridized carbons (Fsp3) is 0.0476. The first-order valence-electron chi connectivity index (χ1n) is 8.78. The number of aromatic nitrogens is 3. The lowest BCUT2D eigenvalue weighted by Crippen LogP contribution is -2.19. The number of fused-ring (bicyclic) bond motifs is 1. The standard InChI is InChI=1S/C21H16BrN5O2/c1-13-10-20(28)27-9-8-14(11-19(27)24-13)15-2-7-18(23-12-15)26-21(29)25-17-5-3-16(22)4-6-17/h2-12H,1H3,(H2,23,25,26,29). The molecule has 3 heterocycles. The predicted octanol–water partition coefficient (Wildman–Crippen LogP) is 4.47. The second-order valence-corrected chi connectivity index (χ2v) is 7.31. The lowest BCUT2D eigenvalue weighted by atomic mass is 10.1. The number of anilines is 2. The van der Waals surface area contributed by atoms with E-state index in [1.54, 1.807) is 37.5 Å². The molecule has 8 heteroatoms. The average molecular weight is 450 g/mol. The van der Waals surface area contributed by atoms with E-state index in [1.165, 1.54) is 10.5 Å². The van der Waals surface area contributed by atoms with Crippen LogP contribution >= 0.6 is 15.9 Å². The summed E-state index contributed by atoms with van der Waals surface area (Å²) in [5.74, 6) is 0.425. The van der Waals surface area contributed by atoms with Gasteiger partial charge in [-0.2, -0.15) is 0 Å². The van der Waals surface area contributed by atoms with Crippen molar-refractivity contribution in [3.63, 3.8) is 0 Å². The SMILES string of the molecule is Cc1cc(=O)n2ccc(-c3ccc(NC(=O)Nc4ccc(Br)cc4)nc3)cc2n1. The zero-order valence-corrected chi connectivity index (χ0v) is 17.0. The highest BCUT2D eigenvalue weighted by Crippen LogP contribution is 2.21. The number of amides is 2. The molecule has 0 aliphatic rings. The van der Waals surface area contributed by atoms with Crippen LogP contribution in [0.5, 0.6) is 0 Å². The molecule has 0 aliphatic heterocycles. The molecule has 7 nitrogen and oxygen atoms in total. The third-order valence-electron chi connectivity index (χ3n) is 4.24. The summed E-state index contributed by atoms with van der Waals surface area (Å²) in [4.78, 5) is 32.8. The number of aryl methyl sites for hydroxylation is 1. The number of hydrogen-bond acceptors (Lipinski definition) is 4. The Bertz CT molecular complexity index is 1250. The number of nitrogens with one attached hydrogen (secondary N) is 2. The Labute approximate surface area is 174 Å². The van der Waals surface area contributed by atoms with Gasteiger partial charge in [0.25, 0.3) is 5.56 Å². The molecule has 29 heavy (non-hydrogen) atoms. The van der Waals surface area contributed by atoms with Crippen LogP contribution < -0.4 is 16.2 Å². The number of rotatable bonds is 3. The monoisotopic (exact) mass is 449 g/mol. The van der Waals surface area contributed by atoms with Crippen molar-refractivity contribution in [1.82, 2.24) is 14.4 Å². The van der Waals surface area contributed by atoms with Gasteiger partial charge in [-0.15, -0.1) is 0 Å². The van der Waals surface area contributed by atoms with E-state index in [-0.39, 0.29) is 11.6 Å². The normalized spacial score (nSPS) is 10.7. The Morgan fingerprint density at radius 3 is 2.52 bits per heavy atom. The van der Waals surface area contributed by atoms with E-state index in [0.29, 0.717) is 22.8 Å². The summed E-state index contributed by atoms with van der Waals surface area (Å²) in [6.07, 6.45) is 3.35. The van der Waals surface area contributed by atoms with Gasteiger partial charge in [0.1, 0.15) is 11.5 Å². The van der Waals surface area contributed by atoms with Crippen LogP contribution in [0.3, 0.4) is 0 Å². The van der Waals surface area contributed by atoms with Gasteiger partial charge in [0.15, 0.2) is 0 Å². The topological polar surface area (TPSA) is 88.4 Å². The third kappa shape index (κ3) is 4.33. The Balaban J connectivity index is 1.50. The molecular formula is C21H16BrN5O2. The van der Waals surface area contributed by atoms with Crippen LogP contribution in [-0.4, -0.2) is 20.4 Å². The smallest absolute Gasteiger partial charge is 0.308 e. The van der Waals surface area contributed by atoms with Crippen molar-refractivity contribution < 1.29 is 4.79 Å². The molecule has 0 radical (unpaired) electrons. The zero-order chi connectivity index (χ0) is 20.4. The summed E-state index contributed by atoms with van der Waals surface area (Å²) in [7, 11) is 0. The van der Waals surface area contributed by atoms with Crippen molar-refractivity contribution >= 4 is 39.1 Å². The number of benzene rings is 1. The van der Waals surface area contributed by atoms with Crippen molar-refractivity contribution in [2.75, 3.05) is 10.6 Å². The number of carbonyl (C=O) groups is 1. The molecule has 144 valence electrons. The van der Waals surface area contributed by atoms with Crippen molar-refractivity contribution in [3.05, 3.63) is 87.5 Å². The van der Waals surface area contributed by atoms with Crippen LogP contribution in [0.15, 0.2) is 76.3 Å². The first-order valence-corrected chi connectivity index (χ1v) is 9.57. The van der Waals surface area contributed by atoms with E-state index < -0.39 is 0 Å². The molecule has 0 fully saturated rings. The van der Waals surface area contributed by atoms with E-state index in [9.17, 15) is 9.59 Å². The lowest BCUT2D eigenvalue weighted by Gasteiger charge is -2.08. The van der Waals surface area contributed by atoms with Gasteiger partial charge in [-0.1, -0.05) is 15.9 Å². The second-order valence-electron chi connectivity index (χ2n) is 6.40. The highest BCUT2D eigenvalue weighted by molar-refractivity contribution is 9.10. The Hall–Kier alpha value is -3.52. The summed E-state index contributed by atoms with van der Waals surface area (Å²) >= 11 is 3.35. The molecule has 3 aromatic heterocycles. The van der Waals surface area contributed by atoms with Crippen LogP contribution in [0.4, 0.5) is 16.3 Å². The predicted molar refractivity (Wildman–Crippen MR) is 116 cm³/mol. The van der Waals surface area contributed by atoms with E-state index >= 15 is 0 Å². The minimum Gasteiger partial charge on any atom is -0.308 e. The van der Waals surface area contributed by atoms with Gasteiger partial charge in [-0.3, -0.25) is 14.5 Å². The van der Waals surface area contributed by atoms with Gasteiger partial charge in [-0.25, -0.2) is 14.8 Å². The summed E-state index contributed by atoms with van der Waals surface area (Å²) in [5.41, 5.74) is 3.53. The molecule has 0 bridgehead atoms. The van der Waals surface area contributed by atoms with Gasteiger partial charge in [0.05, 0.1) is 0 Å². The maximum Gasteiger partial charge on any atom is 0.324 e. The van der Waals surface area contributed by atoms with Crippen LogP contribution in [0.25, 0.3) is 16.8 Å². The average Bonchev–Trinajstić information content (AvgIpc) is 2.69. The highest BCUT2D eigenvalue weighted by Gasteiger charge is 2.06. The number of hydrogen-bond donors (Lipinski definition) is 2. The molecule has 0 aliphatic carbocycles. The molecule has 2 amide bonds. The second kappa shape index (κ2) is 7.84. The first kappa shape index (κ1) is 18.8. The quantitative estimate of drug-likeness (QED) is 0.482. The maximum absolute atomic E-state index is 12.1. The molecule has 4 rings (SSSR count). The molecule has 4 aromatic rings. The van der Waals surface area contributed by atoms with Crippen molar-refractivity contribution in [3.8, 4) is 11.1 Å². The number of pyridine rings is 2. The fourth-order valence-electron chi connectivity index (χ4n) is 2.85. The molecule has 0 unspecified atom stereocenters. The van der Waals surface area contributed by atoms with E-state index in [0.717, 1.165) is 15.6 Å². The van der Waals surface area contributed by atoms with E-state index in [1.807, 2.05) is 30.3 Å². The summed E-state index contributed by atoms with van der Waals surface area (Å²) in [6.45, 7) is 1.79. The Kier molecular flexibility index (Phi) is 5.09. The number of carbonyl (C=O) groups excluding carboxylic acids is 1. The highest BCUT2D eigenvalue weighted by atomic mass is 79.9. The van der Waals surface area contributed by atoms with Crippen LogP contribution in [0.2, 0.25) is 0 Å². The number of urea groups is 1. The number of halogens is 1. The van der Waals surface area contributed by atoms with E-state index in [4.69, 9.17) is 0 Å². The zero-order valence-electron chi connectivity index (χ0n) is 15.4. The molecular weight excluding hydrogens is 434 g/mol. The van der Waals surface area contributed by atoms with Crippen molar-refractivity contribution in [2.45, 2.75) is 6.92 Å². The minimum atomic E-state index is -0.377. The lowest BCUT2D eigenvalue weighted by molar-refractivity contribution is 0.262. The van der Waals surface area contributed by atoms with Crippen LogP contribution in [0, 0.1) is 6.92 Å². The molecule has 2 N–H and O–H groups in total. The van der Waals surface area contributed by atoms with Gasteiger partial charge in [0, 0.05) is 39.9 Å². The Morgan fingerprint density at radius 1 is 1.00 bits per heavy atom. The van der Waals surface area contributed by atoms with Crippen molar-refractivity contribution in [2.24, 2.45) is 0 Å². The van der Waals surface area contributed by atoms with E-state index in [2.05, 4.69) is 36.5 Å². The summed E-state index contributed by atoms with van der Waals surface area (Å²) < 4.78 is 2.43. The maximum atomic E-state index is 12.1. The van der Waals surface area contributed by atoms with Gasteiger partial charge >= 0.3 is 6.03 Å². The molecule has 0 saturated carbocycles. The molecule has 0 saturated heterocycles. The van der Waals surface area contributed by atoms with Gasteiger partial charge < -0.3 is 5.32 Å². The minimum absolute atomic E-state index is 0.117. The summed E-state index contributed by atoms with van der Waals surface area (Å²) in [6, 6.07) is 15.6.